The number of aromatic amines is 1. The zero-order valence-electron chi connectivity index (χ0n) is 10.1. The van der Waals surface area contributed by atoms with Crippen molar-refractivity contribution < 1.29 is 0 Å². The van der Waals surface area contributed by atoms with E-state index in [4.69, 9.17) is 0 Å². The van der Waals surface area contributed by atoms with Crippen molar-refractivity contribution in [3.8, 4) is 0 Å². The first-order valence-electron chi connectivity index (χ1n) is 6.00. The molecule has 0 radical (unpaired) electrons. The number of unbranched alkanes of at least 4 members (excludes halogenated alkanes) is 1. The van der Waals surface area contributed by atoms with Crippen molar-refractivity contribution in [2.75, 3.05) is 0 Å². The van der Waals surface area contributed by atoms with Crippen molar-refractivity contribution in [3.63, 3.8) is 0 Å². The topological polar surface area (TPSA) is 40.7 Å². The molecule has 1 aromatic heterocycles. The first kappa shape index (κ1) is 12.2. The predicted molar refractivity (Wildman–Crippen MR) is 63.8 cm³/mol. The Balaban J connectivity index is 2.31. The van der Waals surface area contributed by atoms with Crippen molar-refractivity contribution >= 4 is 0 Å². The average molecular weight is 209 g/mol. The Labute approximate surface area is 92.7 Å². The van der Waals surface area contributed by atoms with Gasteiger partial charge in [0.2, 0.25) is 0 Å². The van der Waals surface area contributed by atoms with Gasteiger partial charge in [-0.2, -0.15) is 5.10 Å². The molecule has 1 unspecified atom stereocenters. The first-order chi connectivity index (χ1) is 7.27. The highest BCUT2D eigenvalue weighted by molar-refractivity contribution is 5.13. The van der Waals surface area contributed by atoms with Gasteiger partial charge in [0.15, 0.2) is 0 Å². The largest absolute Gasteiger partial charge is 0.310 e. The van der Waals surface area contributed by atoms with E-state index < -0.39 is 0 Å². The average Bonchev–Trinajstić information content (AvgIpc) is 2.65. The van der Waals surface area contributed by atoms with Crippen molar-refractivity contribution in [3.05, 3.63) is 17.5 Å². The van der Waals surface area contributed by atoms with Gasteiger partial charge in [0, 0.05) is 23.8 Å². The number of H-pyrrole nitrogens is 1. The van der Waals surface area contributed by atoms with E-state index in [1.54, 1.807) is 0 Å². The van der Waals surface area contributed by atoms with Gasteiger partial charge in [-0.1, -0.05) is 26.7 Å². The Kier molecular flexibility index (Phi) is 5.40. The van der Waals surface area contributed by atoms with Crippen molar-refractivity contribution in [2.24, 2.45) is 0 Å². The predicted octanol–water partition coefficient (Wildman–Crippen LogP) is 2.78. The molecule has 3 nitrogen and oxygen atoms in total. The van der Waals surface area contributed by atoms with E-state index in [9.17, 15) is 0 Å². The zero-order chi connectivity index (χ0) is 11.1. The van der Waals surface area contributed by atoms with Crippen LogP contribution in [0.4, 0.5) is 0 Å². The minimum atomic E-state index is 0.652. The maximum Gasteiger partial charge on any atom is 0.0535 e. The Morgan fingerprint density at radius 1 is 1.47 bits per heavy atom. The Morgan fingerprint density at radius 2 is 2.27 bits per heavy atom. The van der Waals surface area contributed by atoms with E-state index >= 15 is 0 Å². The van der Waals surface area contributed by atoms with Crippen LogP contribution in [0.25, 0.3) is 0 Å². The molecule has 1 rings (SSSR count). The lowest BCUT2D eigenvalue weighted by Crippen LogP contribution is -2.27. The molecule has 86 valence electrons. The van der Waals surface area contributed by atoms with Crippen LogP contribution in [0.5, 0.6) is 0 Å². The molecule has 0 aliphatic heterocycles. The molecule has 0 fully saturated rings. The van der Waals surface area contributed by atoms with Crippen molar-refractivity contribution in [2.45, 2.75) is 59.0 Å². The molecular weight excluding hydrogens is 186 g/mol. The van der Waals surface area contributed by atoms with Crippen molar-refractivity contribution in [1.29, 1.82) is 0 Å². The molecule has 2 N–H and O–H groups in total. The second-order valence-corrected chi connectivity index (χ2v) is 4.15. The smallest absolute Gasteiger partial charge is 0.0535 e. The maximum atomic E-state index is 4.02. The third-order valence-corrected chi connectivity index (χ3v) is 2.91. The summed E-state index contributed by atoms with van der Waals surface area (Å²) in [4.78, 5) is 0. The molecule has 0 saturated heterocycles. The van der Waals surface area contributed by atoms with E-state index in [0.717, 1.165) is 6.54 Å². The summed E-state index contributed by atoms with van der Waals surface area (Å²) in [7, 11) is 0. The second kappa shape index (κ2) is 6.62. The van der Waals surface area contributed by atoms with Gasteiger partial charge in [-0.15, -0.1) is 0 Å². The molecular formula is C12H23N3. The van der Waals surface area contributed by atoms with E-state index in [1.807, 2.05) is 6.20 Å². The minimum absolute atomic E-state index is 0.652. The zero-order valence-corrected chi connectivity index (χ0v) is 10.1. The van der Waals surface area contributed by atoms with Gasteiger partial charge in [0.25, 0.3) is 0 Å². The van der Waals surface area contributed by atoms with E-state index in [-0.39, 0.29) is 0 Å². The normalized spacial score (nSPS) is 13.0. The van der Waals surface area contributed by atoms with Crippen molar-refractivity contribution in [1.82, 2.24) is 15.5 Å². The summed E-state index contributed by atoms with van der Waals surface area (Å²) < 4.78 is 0. The first-order valence-corrected chi connectivity index (χ1v) is 6.00. The lowest BCUT2D eigenvalue weighted by molar-refractivity contribution is 0.451. The fourth-order valence-corrected chi connectivity index (χ4v) is 1.71. The minimum Gasteiger partial charge on any atom is -0.310 e. The molecule has 0 aliphatic carbocycles. The highest BCUT2D eigenvalue weighted by atomic mass is 15.1. The number of rotatable bonds is 7. The maximum absolute atomic E-state index is 4.02. The molecule has 0 saturated carbocycles. The molecule has 1 atom stereocenters. The monoisotopic (exact) mass is 209 g/mol. The number of aryl methyl sites for hydroxylation is 1. The van der Waals surface area contributed by atoms with Crippen LogP contribution in [0.15, 0.2) is 6.20 Å². The van der Waals surface area contributed by atoms with Crippen LogP contribution < -0.4 is 5.32 Å². The summed E-state index contributed by atoms with van der Waals surface area (Å²) >= 11 is 0. The number of hydrogen-bond acceptors (Lipinski definition) is 2. The molecule has 0 amide bonds. The lowest BCUT2D eigenvalue weighted by Gasteiger charge is -2.16. The fourth-order valence-electron chi connectivity index (χ4n) is 1.71. The van der Waals surface area contributed by atoms with Gasteiger partial charge >= 0.3 is 0 Å². The second-order valence-electron chi connectivity index (χ2n) is 4.15. The van der Waals surface area contributed by atoms with Gasteiger partial charge in [0.05, 0.1) is 6.20 Å². The Bertz CT molecular complexity index is 268. The highest BCUT2D eigenvalue weighted by Crippen LogP contribution is 2.07. The van der Waals surface area contributed by atoms with Crippen LogP contribution in [0.2, 0.25) is 0 Å². The molecule has 1 heterocycles. The number of nitrogens with zero attached hydrogens (tertiary/aromatic N) is 1. The van der Waals surface area contributed by atoms with Gasteiger partial charge in [-0.25, -0.2) is 0 Å². The molecule has 1 aromatic rings. The summed E-state index contributed by atoms with van der Waals surface area (Å²) in [6, 6.07) is 0.652. The Hall–Kier alpha value is -0.830. The molecule has 15 heavy (non-hydrogen) atoms. The number of hydrogen-bond donors (Lipinski definition) is 2. The molecule has 0 aliphatic rings. The molecule has 0 aromatic carbocycles. The summed E-state index contributed by atoms with van der Waals surface area (Å²) in [5.74, 6) is 0. The quantitative estimate of drug-likeness (QED) is 0.725. The lowest BCUT2D eigenvalue weighted by atomic mass is 10.1. The molecule has 3 heteroatoms. The fraction of sp³-hybridized carbons (Fsp3) is 0.750. The van der Waals surface area contributed by atoms with Gasteiger partial charge in [0.1, 0.15) is 0 Å². The van der Waals surface area contributed by atoms with Gasteiger partial charge in [-0.05, 0) is 19.8 Å². The van der Waals surface area contributed by atoms with E-state index in [0.29, 0.717) is 6.04 Å². The van der Waals surface area contributed by atoms with Gasteiger partial charge in [-0.3, -0.25) is 5.10 Å². The molecule has 0 bridgehead atoms. The van der Waals surface area contributed by atoms with E-state index in [1.165, 1.54) is 36.9 Å². The summed E-state index contributed by atoms with van der Waals surface area (Å²) in [5.41, 5.74) is 2.46. The number of nitrogens with one attached hydrogen (secondary N) is 2. The summed E-state index contributed by atoms with van der Waals surface area (Å²) in [6.07, 6.45) is 6.99. The van der Waals surface area contributed by atoms with Crippen LogP contribution in [-0.2, 0) is 6.54 Å². The summed E-state index contributed by atoms with van der Waals surface area (Å²) in [6.45, 7) is 7.49. The summed E-state index contributed by atoms with van der Waals surface area (Å²) in [5, 5.41) is 10.6. The Morgan fingerprint density at radius 3 is 2.80 bits per heavy atom. The highest BCUT2D eigenvalue weighted by Gasteiger charge is 2.06. The van der Waals surface area contributed by atoms with E-state index in [2.05, 4.69) is 36.3 Å². The third kappa shape index (κ3) is 4.04. The van der Waals surface area contributed by atoms with Gasteiger partial charge < -0.3 is 5.32 Å². The van der Waals surface area contributed by atoms with Crippen LogP contribution in [-0.4, -0.2) is 16.2 Å². The third-order valence-electron chi connectivity index (χ3n) is 2.91. The van der Waals surface area contributed by atoms with Crippen LogP contribution >= 0.6 is 0 Å². The van der Waals surface area contributed by atoms with Crippen LogP contribution in [0.1, 0.15) is 50.8 Å². The van der Waals surface area contributed by atoms with Crippen LogP contribution in [0.3, 0.4) is 0 Å². The standard InChI is InChI=1S/C12H23N3/c1-4-6-7-12(5-2)13-8-11-9-14-15-10(11)3/h9,12-13H,4-8H2,1-3H3,(H,14,15). The molecule has 0 spiro atoms. The van der Waals surface area contributed by atoms with Crippen LogP contribution in [0, 0.1) is 6.92 Å². The number of aromatic nitrogens is 2. The SMILES string of the molecule is CCCCC(CC)NCc1cn[nH]c1C.